The Morgan fingerprint density at radius 1 is 0.393 bits per heavy atom. The Bertz CT molecular complexity index is 270. The predicted molar refractivity (Wildman–Crippen MR) is 129 cm³/mol. The van der Waals surface area contributed by atoms with Crippen molar-refractivity contribution < 1.29 is 0 Å². The van der Waals surface area contributed by atoms with Crippen LogP contribution in [0.2, 0.25) is 0 Å². The Morgan fingerprint density at radius 2 is 0.714 bits per heavy atom. The molecule has 0 aromatic carbocycles. The lowest BCUT2D eigenvalue weighted by Gasteiger charge is -2.17. The van der Waals surface area contributed by atoms with Crippen LogP contribution in [0.25, 0.3) is 0 Å². The molecule has 28 heavy (non-hydrogen) atoms. The van der Waals surface area contributed by atoms with Gasteiger partial charge in [-0.3, -0.25) is 0 Å². The lowest BCUT2D eigenvalue weighted by molar-refractivity contribution is 0.360. The minimum atomic E-state index is 1.07. The summed E-state index contributed by atoms with van der Waals surface area (Å²) in [4.78, 5) is 0. The van der Waals surface area contributed by atoms with Gasteiger partial charge in [0.25, 0.3) is 0 Å². The molecule has 0 aromatic rings. The summed E-state index contributed by atoms with van der Waals surface area (Å²) in [5, 5.41) is 0. The summed E-state index contributed by atoms with van der Waals surface area (Å²) in [6, 6.07) is 0. The highest BCUT2D eigenvalue weighted by Gasteiger charge is 2.09. The second-order valence-electron chi connectivity index (χ2n) is 10.0. The van der Waals surface area contributed by atoms with E-state index < -0.39 is 0 Å². The van der Waals surface area contributed by atoms with E-state index >= 15 is 0 Å². The third kappa shape index (κ3) is 18.1. The molecule has 1 saturated carbocycles. The normalized spacial score (nSPS) is 17.9. The minimum Gasteiger partial charge on any atom is -0.0654 e. The zero-order valence-corrected chi connectivity index (χ0v) is 20.0. The highest BCUT2D eigenvalue weighted by Crippen LogP contribution is 2.25. The average molecular weight is 393 g/mol. The van der Waals surface area contributed by atoms with E-state index in [9.17, 15) is 0 Å². The lowest BCUT2D eigenvalue weighted by atomic mass is 9.89. The van der Waals surface area contributed by atoms with Crippen molar-refractivity contribution in [3.8, 4) is 0 Å². The SMILES string of the molecule is CCCCCCCCCCCCCCCCC1CCCCCCCCCCC1. The van der Waals surface area contributed by atoms with Crippen molar-refractivity contribution in [2.24, 2.45) is 5.92 Å². The quantitative estimate of drug-likeness (QED) is 0.243. The smallest absolute Gasteiger partial charge is 0.0414 e. The first-order chi connectivity index (χ1) is 13.9. The van der Waals surface area contributed by atoms with Gasteiger partial charge in [0.15, 0.2) is 0 Å². The number of rotatable bonds is 15. The van der Waals surface area contributed by atoms with E-state index in [1.165, 1.54) is 154 Å². The maximum atomic E-state index is 2.31. The van der Waals surface area contributed by atoms with Gasteiger partial charge >= 0.3 is 0 Å². The Hall–Kier alpha value is 0. The third-order valence-corrected chi connectivity index (χ3v) is 7.19. The Morgan fingerprint density at radius 3 is 1.11 bits per heavy atom. The van der Waals surface area contributed by atoms with Crippen LogP contribution in [0.5, 0.6) is 0 Å². The van der Waals surface area contributed by atoms with Crippen molar-refractivity contribution in [2.75, 3.05) is 0 Å². The van der Waals surface area contributed by atoms with Gasteiger partial charge in [0.1, 0.15) is 0 Å². The molecule has 0 amide bonds. The van der Waals surface area contributed by atoms with E-state index in [1.807, 2.05) is 0 Å². The fraction of sp³-hybridized carbons (Fsp3) is 1.00. The molecule has 1 aliphatic rings. The van der Waals surface area contributed by atoms with E-state index in [0.717, 1.165) is 5.92 Å². The monoisotopic (exact) mass is 392 g/mol. The molecule has 0 saturated heterocycles. The topological polar surface area (TPSA) is 0 Å². The molecule has 0 N–H and O–H groups in total. The van der Waals surface area contributed by atoms with Crippen LogP contribution in [0.15, 0.2) is 0 Å². The van der Waals surface area contributed by atoms with Crippen molar-refractivity contribution >= 4 is 0 Å². The Labute approximate surface area is 180 Å². The van der Waals surface area contributed by atoms with E-state index in [4.69, 9.17) is 0 Å². The second-order valence-corrected chi connectivity index (χ2v) is 10.0. The van der Waals surface area contributed by atoms with Gasteiger partial charge in [0.2, 0.25) is 0 Å². The molecule has 0 atom stereocenters. The zero-order chi connectivity index (χ0) is 20.0. The molecule has 0 heteroatoms. The summed E-state index contributed by atoms with van der Waals surface area (Å²) in [5.74, 6) is 1.07. The van der Waals surface area contributed by atoms with Gasteiger partial charge in [-0.2, -0.15) is 0 Å². The molecule has 1 aliphatic carbocycles. The van der Waals surface area contributed by atoms with Crippen LogP contribution in [-0.4, -0.2) is 0 Å². The molecular weight excluding hydrogens is 336 g/mol. The standard InChI is InChI=1S/C28H56/c1-2-3-4-5-6-7-8-9-10-11-13-16-19-22-25-28-26-23-20-17-14-12-15-18-21-24-27-28/h28H,2-27H2,1H3. The second kappa shape index (κ2) is 21.7. The van der Waals surface area contributed by atoms with E-state index in [0.29, 0.717) is 0 Å². The van der Waals surface area contributed by atoms with Gasteiger partial charge in [0, 0.05) is 0 Å². The summed E-state index contributed by atoms with van der Waals surface area (Å²) in [5.41, 5.74) is 0. The first kappa shape index (κ1) is 26.0. The van der Waals surface area contributed by atoms with Gasteiger partial charge < -0.3 is 0 Å². The van der Waals surface area contributed by atoms with Crippen LogP contribution in [0, 0.1) is 5.92 Å². The number of unbranched alkanes of at least 4 members (excludes halogenated alkanes) is 13. The van der Waals surface area contributed by atoms with Gasteiger partial charge in [-0.25, -0.2) is 0 Å². The third-order valence-electron chi connectivity index (χ3n) is 7.19. The number of hydrogen-bond donors (Lipinski definition) is 0. The maximum Gasteiger partial charge on any atom is -0.0414 e. The van der Waals surface area contributed by atoms with Gasteiger partial charge in [-0.1, -0.05) is 174 Å². The van der Waals surface area contributed by atoms with Crippen LogP contribution >= 0.6 is 0 Å². The van der Waals surface area contributed by atoms with E-state index in [-0.39, 0.29) is 0 Å². The van der Waals surface area contributed by atoms with E-state index in [1.54, 1.807) is 12.8 Å². The summed E-state index contributed by atoms with van der Waals surface area (Å²) in [7, 11) is 0. The van der Waals surface area contributed by atoms with Crippen molar-refractivity contribution in [1.29, 1.82) is 0 Å². The Balaban J connectivity index is 1.86. The van der Waals surface area contributed by atoms with Crippen LogP contribution in [0.1, 0.15) is 174 Å². The summed E-state index contributed by atoms with van der Waals surface area (Å²) in [6.45, 7) is 2.31. The molecule has 0 radical (unpaired) electrons. The minimum absolute atomic E-state index is 1.07. The zero-order valence-electron chi connectivity index (χ0n) is 20.0. The van der Waals surface area contributed by atoms with Crippen molar-refractivity contribution in [3.05, 3.63) is 0 Å². The molecule has 1 rings (SSSR count). The molecule has 168 valence electrons. The van der Waals surface area contributed by atoms with Crippen LogP contribution < -0.4 is 0 Å². The van der Waals surface area contributed by atoms with Gasteiger partial charge in [-0.15, -0.1) is 0 Å². The largest absolute Gasteiger partial charge is 0.0654 e. The summed E-state index contributed by atoms with van der Waals surface area (Å²) < 4.78 is 0. The Kier molecular flexibility index (Phi) is 20.2. The summed E-state index contributed by atoms with van der Waals surface area (Å²) >= 11 is 0. The molecule has 0 spiro atoms. The van der Waals surface area contributed by atoms with Crippen LogP contribution in [0.4, 0.5) is 0 Å². The van der Waals surface area contributed by atoms with Gasteiger partial charge in [0.05, 0.1) is 0 Å². The number of hydrogen-bond acceptors (Lipinski definition) is 0. The molecule has 0 nitrogen and oxygen atoms in total. The molecular formula is C28H56. The van der Waals surface area contributed by atoms with Crippen molar-refractivity contribution in [2.45, 2.75) is 174 Å². The predicted octanol–water partition coefficient (Wildman–Crippen LogP) is 10.8. The molecule has 0 aliphatic heterocycles. The fourth-order valence-electron chi connectivity index (χ4n) is 5.16. The highest BCUT2D eigenvalue weighted by atomic mass is 14.2. The van der Waals surface area contributed by atoms with Crippen molar-refractivity contribution in [1.82, 2.24) is 0 Å². The molecule has 0 unspecified atom stereocenters. The lowest BCUT2D eigenvalue weighted by Crippen LogP contribution is -2.02. The maximum absolute atomic E-state index is 2.31. The summed E-state index contributed by atoms with van der Waals surface area (Å²) in [6.07, 6.45) is 39.0. The van der Waals surface area contributed by atoms with Crippen LogP contribution in [-0.2, 0) is 0 Å². The van der Waals surface area contributed by atoms with Crippen molar-refractivity contribution in [3.63, 3.8) is 0 Å². The molecule has 1 fully saturated rings. The average Bonchev–Trinajstić information content (AvgIpc) is 2.70. The van der Waals surface area contributed by atoms with Gasteiger partial charge in [-0.05, 0) is 5.92 Å². The highest BCUT2D eigenvalue weighted by molar-refractivity contribution is 4.63. The molecule has 0 aromatic heterocycles. The van der Waals surface area contributed by atoms with E-state index in [2.05, 4.69) is 6.92 Å². The first-order valence-electron chi connectivity index (χ1n) is 13.9. The van der Waals surface area contributed by atoms with Crippen LogP contribution in [0.3, 0.4) is 0 Å². The molecule has 0 heterocycles. The fourth-order valence-corrected chi connectivity index (χ4v) is 5.16. The molecule has 0 bridgehead atoms. The first-order valence-corrected chi connectivity index (χ1v) is 13.9.